The maximum atomic E-state index is 12.9. The zero-order chi connectivity index (χ0) is 59.4. The van der Waals surface area contributed by atoms with Gasteiger partial charge in [0.15, 0.2) is 40.5 Å². The number of amides is 1. The molecule has 10 rings (SSSR count). The number of aliphatic imine (C=N–C) groups is 3. The molecule has 0 radical (unpaired) electrons. The second-order valence-corrected chi connectivity index (χ2v) is 23.1. The average Bonchev–Trinajstić information content (AvgIpc) is 4.27. The Bertz CT molecular complexity index is 3590. The molecule has 0 aromatic heterocycles. The van der Waals surface area contributed by atoms with E-state index in [0.717, 1.165) is 129 Å². The van der Waals surface area contributed by atoms with Crippen LogP contribution in [0.2, 0.25) is 0 Å². The Morgan fingerprint density at radius 2 is 0.768 bits per heavy atom. The number of nitrogens with zero attached hydrogens (tertiary/aromatic N) is 5. The molecule has 3 aromatic rings. The van der Waals surface area contributed by atoms with Gasteiger partial charge in [0.25, 0.3) is 5.91 Å². The molecule has 0 unspecified atom stereocenters. The van der Waals surface area contributed by atoms with Gasteiger partial charge in [-0.05, 0) is 206 Å². The molecule has 0 saturated carbocycles. The predicted molar refractivity (Wildman–Crippen MR) is 325 cm³/mol. The van der Waals surface area contributed by atoms with E-state index in [0.29, 0.717) is 91.7 Å². The summed E-state index contributed by atoms with van der Waals surface area (Å²) in [6, 6.07) is 17.8. The first-order chi connectivity index (χ1) is 38.9. The number of carbonyl (C=O) groups is 8. The van der Waals surface area contributed by atoms with E-state index in [-0.39, 0.29) is 46.4 Å². The third-order valence-electron chi connectivity index (χ3n) is 17.5. The first kappa shape index (κ1) is 60.3. The molecular formula is C69H77N5O8. The topological polar surface area (TPSA) is 180 Å². The Hall–Kier alpha value is -7.77. The SMILES string of the molecule is CC(=O)c1ccc2c(c1)CC(CCCC1=C(C)C(=O)C(C)=C(C)C1=O)=N2.CC1=C(C)C(=O)C(CCCC2=Nc3cc(C)ccc3C2)=C(C)C1=O.CC1=C(C)C(=O)C(CCCC2=Nc3ccc(C(=O)N4CCN(C)CC4)cc3C2)=C(C)C1=O. The normalized spacial score (nSPS) is 18.2. The lowest BCUT2D eigenvalue weighted by atomic mass is 9.84. The minimum Gasteiger partial charge on any atom is -0.336 e. The third-order valence-corrected chi connectivity index (χ3v) is 17.5. The van der Waals surface area contributed by atoms with Crippen LogP contribution < -0.4 is 0 Å². The smallest absolute Gasteiger partial charge is 0.253 e. The minimum absolute atomic E-state index is 0.00217. The quantitative estimate of drug-likeness (QED) is 0.112. The predicted octanol–water partition coefficient (Wildman–Crippen LogP) is 12.8. The molecule has 13 nitrogen and oxygen atoms in total. The van der Waals surface area contributed by atoms with Crippen molar-refractivity contribution >= 4 is 80.6 Å². The van der Waals surface area contributed by atoms with Gasteiger partial charge in [-0.2, -0.15) is 0 Å². The number of aryl methyl sites for hydroxylation is 1. The van der Waals surface area contributed by atoms with Crippen molar-refractivity contribution in [2.24, 2.45) is 15.0 Å². The van der Waals surface area contributed by atoms with E-state index < -0.39 is 0 Å². The second-order valence-electron chi connectivity index (χ2n) is 23.1. The van der Waals surface area contributed by atoms with E-state index >= 15 is 0 Å². The van der Waals surface area contributed by atoms with Crippen molar-refractivity contribution in [2.75, 3.05) is 33.2 Å². The summed E-state index contributed by atoms with van der Waals surface area (Å²) < 4.78 is 0. The van der Waals surface area contributed by atoms with Crippen LogP contribution in [0.3, 0.4) is 0 Å². The van der Waals surface area contributed by atoms with E-state index in [1.165, 1.54) is 16.8 Å². The van der Waals surface area contributed by atoms with E-state index in [9.17, 15) is 38.4 Å². The molecule has 7 aliphatic rings. The molecular weight excluding hydrogens is 1030 g/mol. The molecule has 4 heterocycles. The van der Waals surface area contributed by atoms with Crippen LogP contribution in [0.1, 0.15) is 170 Å². The van der Waals surface area contributed by atoms with Gasteiger partial charge >= 0.3 is 0 Å². The van der Waals surface area contributed by atoms with Gasteiger partial charge in [-0.3, -0.25) is 53.3 Å². The zero-order valence-electron chi connectivity index (χ0n) is 50.0. The van der Waals surface area contributed by atoms with Crippen molar-refractivity contribution in [1.29, 1.82) is 0 Å². The summed E-state index contributed by atoms with van der Waals surface area (Å²) in [7, 11) is 2.08. The highest BCUT2D eigenvalue weighted by Crippen LogP contribution is 2.35. The number of Topliss-reactive ketones (excluding diaryl/α,β-unsaturated/α-hetero) is 7. The monoisotopic (exact) mass is 1100 g/mol. The van der Waals surface area contributed by atoms with Gasteiger partial charge in [0, 0.05) is 141 Å². The maximum Gasteiger partial charge on any atom is 0.253 e. The van der Waals surface area contributed by atoms with Crippen molar-refractivity contribution in [3.63, 3.8) is 0 Å². The van der Waals surface area contributed by atoms with Gasteiger partial charge in [-0.15, -0.1) is 0 Å². The number of hydrogen-bond acceptors (Lipinski definition) is 12. The first-order valence-electron chi connectivity index (χ1n) is 28.9. The van der Waals surface area contributed by atoms with Crippen LogP contribution in [0.15, 0.2) is 136 Å². The number of hydrogen-bond donors (Lipinski definition) is 0. The minimum atomic E-state index is -0.0144. The lowest BCUT2D eigenvalue weighted by Crippen LogP contribution is -2.47. The summed E-state index contributed by atoms with van der Waals surface area (Å²) >= 11 is 0. The van der Waals surface area contributed by atoms with E-state index in [1.807, 2.05) is 41.3 Å². The first-order valence-corrected chi connectivity index (χ1v) is 28.9. The Labute approximate surface area is 482 Å². The molecule has 4 aliphatic heterocycles. The Balaban J connectivity index is 0.000000163. The molecule has 0 bridgehead atoms. The van der Waals surface area contributed by atoms with Crippen molar-refractivity contribution < 1.29 is 38.4 Å². The number of ketones is 7. The highest BCUT2D eigenvalue weighted by Gasteiger charge is 2.31. The molecule has 13 heteroatoms. The van der Waals surface area contributed by atoms with Crippen LogP contribution in [0.5, 0.6) is 0 Å². The largest absolute Gasteiger partial charge is 0.336 e. The van der Waals surface area contributed by atoms with E-state index in [1.54, 1.807) is 69.2 Å². The lowest BCUT2D eigenvalue weighted by molar-refractivity contribution is -0.116. The number of piperazine rings is 1. The van der Waals surface area contributed by atoms with E-state index in [2.05, 4.69) is 42.1 Å². The van der Waals surface area contributed by atoms with Crippen LogP contribution >= 0.6 is 0 Å². The number of likely N-dealkylation sites (N-methyl/N-ethyl adjacent to an activating group) is 1. The highest BCUT2D eigenvalue weighted by atomic mass is 16.2. The molecule has 0 N–H and O–H groups in total. The number of allylic oxidation sites excluding steroid dienone is 12. The Kier molecular flexibility index (Phi) is 18.8. The summed E-state index contributed by atoms with van der Waals surface area (Å²) in [5.41, 5.74) is 19.6. The lowest BCUT2D eigenvalue weighted by Gasteiger charge is -2.32. The average molecular weight is 1100 g/mol. The molecule has 426 valence electrons. The molecule has 1 amide bonds. The third kappa shape index (κ3) is 13.1. The highest BCUT2D eigenvalue weighted by molar-refractivity contribution is 6.26. The number of rotatable bonds is 14. The second kappa shape index (κ2) is 25.6. The number of carbonyl (C=O) groups excluding carboxylic acids is 8. The van der Waals surface area contributed by atoms with Gasteiger partial charge in [0.05, 0.1) is 17.1 Å². The molecule has 0 atom stereocenters. The summed E-state index contributed by atoms with van der Waals surface area (Å²) in [6.07, 6.45) is 9.05. The van der Waals surface area contributed by atoms with Gasteiger partial charge in [0.2, 0.25) is 0 Å². The van der Waals surface area contributed by atoms with Crippen molar-refractivity contribution in [1.82, 2.24) is 9.80 Å². The van der Waals surface area contributed by atoms with Crippen LogP contribution in [-0.2, 0) is 48.0 Å². The summed E-state index contributed by atoms with van der Waals surface area (Å²) in [4.78, 5) is 117. The van der Waals surface area contributed by atoms with Crippen LogP contribution in [0.4, 0.5) is 17.1 Å². The molecule has 1 fully saturated rings. The van der Waals surface area contributed by atoms with Gasteiger partial charge in [-0.1, -0.05) is 12.1 Å². The Morgan fingerprint density at radius 3 is 1.18 bits per heavy atom. The summed E-state index contributed by atoms with van der Waals surface area (Å²) in [5, 5.41) is 0. The summed E-state index contributed by atoms with van der Waals surface area (Å²) in [5.74, 6) is 0.185. The van der Waals surface area contributed by atoms with Gasteiger partial charge in [-0.25, -0.2) is 0 Å². The number of benzene rings is 3. The molecule has 0 spiro atoms. The van der Waals surface area contributed by atoms with Crippen molar-refractivity contribution in [3.8, 4) is 0 Å². The molecule has 3 aliphatic carbocycles. The standard InChI is InChI=1S/C26H31N3O3.C22H23NO3.C21H23NO2/c1-16-17(2)25(31)22(18(3)24(16)30)7-5-6-21-15-20-14-19(8-9-23(20)27-21)26(32)29-12-10-28(4)11-13-29;1-12-13(2)22(26)19(14(3)21(12)25)7-5-6-18-11-17-10-16(15(4)24)8-9-20(17)23-18;1-12-8-9-16-11-17(22-19(16)10-12)6-5-7-18-15(4)20(23)13(2)14(3)21(18)24/h8-9,14H,5-7,10-13,15H2,1-4H3;8-10H,5-7,11H2,1-4H3;8-10H,5-7,11H2,1-4H3. The zero-order valence-corrected chi connectivity index (χ0v) is 50.0. The summed E-state index contributed by atoms with van der Waals surface area (Å²) in [6.45, 7) is 22.7. The fraction of sp³-hybridized carbons (Fsp3) is 0.406. The fourth-order valence-electron chi connectivity index (χ4n) is 11.6. The maximum absolute atomic E-state index is 12.9. The van der Waals surface area contributed by atoms with E-state index in [4.69, 9.17) is 9.98 Å². The van der Waals surface area contributed by atoms with Crippen LogP contribution in [-0.4, -0.2) is 107 Å². The van der Waals surface area contributed by atoms with Gasteiger partial charge in [0.1, 0.15) is 0 Å². The molecule has 1 saturated heterocycles. The molecule has 3 aromatic carbocycles. The van der Waals surface area contributed by atoms with Crippen LogP contribution in [0, 0.1) is 6.92 Å². The molecule has 82 heavy (non-hydrogen) atoms. The van der Waals surface area contributed by atoms with Crippen LogP contribution in [0.25, 0.3) is 0 Å². The number of fused-ring (bicyclic) bond motifs is 3. The van der Waals surface area contributed by atoms with Crippen molar-refractivity contribution in [3.05, 3.63) is 155 Å². The van der Waals surface area contributed by atoms with Gasteiger partial charge < -0.3 is 9.80 Å². The fourth-order valence-corrected chi connectivity index (χ4v) is 11.6. The van der Waals surface area contributed by atoms with Crippen molar-refractivity contribution in [2.45, 2.75) is 153 Å². The Morgan fingerprint density at radius 1 is 0.402 bits per heavy atom.